The van der Waals surface area contributed by atoms with Crippen LogP contribution in [0.2, 0.25) is 0 Å². The van der Waals surface area contributed by atoms with E-state index in [0.717, 1.165) is 0 Å². The fraction of sp³-hybridized carbons (Fsp3) is 0.565. The Balaban J connectivity index is 2.19. The first-order chi connectivity index (χ1) is 11.5. The number of aryl methyl sites for hydroxylation is 3. The second-order valence-electron chi connectivity index (χ2n) is 9.80. The van der Waals surface area contributed by atoms with Crippen LogP contribution in [0, 0.1) is 34.6 Å². The van der Waals surface area contributed by atoms with Gasteiger partial charge in [0.1, 0.15) is 0 Å². The van der Waals surface area contributed by atoms with E-state index in [1.807, 2.05) is 0 Å². The predicted octanol–water partition coefficient (Wildman–Crippen LogP) is 6.11. The molecule has 5 rings (SSSR count). The van der Waals surface area contributed by atoms with Crippen molar-refractivity contribution in [3.8, 4) is 0 Å². The van der Waals surface area contributed by atoms with Gasteiger partial charge in [0.05, 0.1) is 11.0 Å². The van der Waals surface area contributed by atoms with Crippen molar-refractivity contribution in [2.45, 2.75) is 85.7 Å². The first-order valence-electron chi connectivity index (χ1n) is 9.68. The molecule has 25 heavy (non-hydrogen) atoms. The fourth-order valence-corrected chi connectivity index (χ4v) is 6.54. The molecule has 1 aromatic carbocycles. The van der Waals surface area contributed by atoms with Crippen molar-refractivity contribution in [1.82, 2.24) is 9.13 Å². The van der Waals surface area contributed by atoms with Crippen LogP contribution in [0.1, 0.15) is 73.7 Å². The maximum absolute atomic E-state index is 2.67. The van der Waals surface area contributed by atoms with Gasteiger partial charge in [0.25, 0.3) is 0 Å². The Morgan fingerprint density at radius 2 is 1.20 bits per heavy atom. The highest BCUT2D eigenvalue weighted by Crippen LogP contribution is 2.59. The van der Waals surface area contributed by atoms with E-state index in [9.17, 15) is 0 Å². The molecule has 0 fully saturated rings. The summed E-state index contributed by atoms with van der Waals surface area (Å²) in [4.78, 5) is 0. The Hall–Kier alpha value is -1.70. The van der Waals surface area contributed by atoms with Crippen LogP contribution in [0.25, 0.3) is 21.8 Å². The van der Waals surface area contributed by atoms with Crippen LogP contribution in [0.5, 0.6) is 0 Å². The van der Waals surface area contributed by atoms with Crippen molar-refractivity contribution in [1.29, 1.82) is 0 Å². The van der Waals surface area contributed by atoms with Gasteiger partial charge in [-0.05, 0) is 85.4 Å². The molecule has 0 aliphatic carbocycles. The highest BCUT2D eigenvalue weighted by Gasteiger charge is 2.50. The third kappa shape index (κ3) is 1.39. The molecule has 1 unspecified atom stereocenters. The second kappa shape index (κ2) is 4.00. The van der Waals surface area contributed by atoms with E-state index >= 15 is 0 Å². The van der Waals surface area contributed by atoms with Crippen LogP contribution < -0.4 is 0 Å². The molecule has 2 aromatic heterocycles. The molecule has 3 aromatic rings. The summed E-state index contributed by atoms with van der Waals surface area (Å²) in [6, 6.07) is 0. The summed E-state index contributed by atoms with van der Waals surface area (Å²) in [5, 5.41) is 3.05. The normalized spacial score (nSPS) is 22.7. The van der Waals surface area contributed by atoms with Gasteiger partial charge in [-0.1, -0.05) is 0 Å². The lowest BCUT2D eigenvalue weighted by Crippen LogP contribution is -2.39. The van der Waals surface area contributed by atoms with E-state index < -0.39 is 0 Å². The summed E-state index contributed by atoms with van der Waals surface area (Å²) in [5.74, 6) is 0.601. The highest BCUT2D eigenvalue weighted by atomic mass is 15.1. The summed E-state index contributed by atoms with van der Waals surface area (Å²) in [6.07, 6.45) is 1.22. The van der Waals surface area contributed by atoms with Gasteiger partial charge >= 0.3 is 0 Å². The van der Waals surface area contributed by atoms with Gasteiger partial charge in [0, 0.05) is 44.7 Å². The van der Waals surface area contributed by atoms with Gasteiger partial charge < -0.3 is 9.13 Å². The minimum Gasteiger partial charge on any atom is -0.339 e. The van der Waals surface area contributed by atoms with Crippen molar-refractivity contribution in [3.05, 3.63) is 33.6 Å². The highest BCUT2D eigenvalue weighted by molar-refractivity contribution is 6.09. The van der Waals surface area contributed by atoms with Crippen molar-refractivity contribution < 1.29 is 0 Å². The number of aromatic nitrogens is 2. The third-order valence-electron chi connectivity index (χ3n) is 7.77. The molecular formula is C23H30N2. The summed E-state index contributed by atoms with van der Waals surface area (Å²) in [7, 11) is 0. The molecule has 0 saturated heterocycles. The molecule has 0 spiro atoms. The summed E-state index contributed by atoms with van der Waals surface area (Å²) < 4.78 is 5.34. The zero-order valence-corrected chi connectivity index (χ0v) is 17.2. The molecule has 2 heteroatoms. The molecule has 0 saturated carbocycles. The Kier molecular flexibility index (Phi) is 2.49. The average molecular weight is 335 g/mol. The number of benzene rings is 1. The minimum atomic E-state index is 0.147. The van der Waals surface area contributed by atoms with Crippen LogP contribution in [0.4, 0.5) is 0 Å². The summed E-state index contributed by atoms with van der Waals surface area (Å²) in [6.45, 7) is 21.4. The molecule has 0 radical (unpaired) electrons. The van der Waals surface area contributed by atoms with Gasteiger partial charge in [0.2, 0.25) is 0 Å². The Morgan fingerprint density at radius 1 is 0.720 bits per heavy atom. The van der Waals surface area contributed by atoms with E-state index in [1.54, 1.807) is 5.56 Å². The topological polar surface area (TPSA) is 9.86 Å². The van der Waals surface area contributed by atoms with E-state index in [-0.39, 0.29) is 11.1 Å². The van der Waals surface area contributed by atoms with Crippen molar-refractivity contribution >= 4 is 21.8 Å². The molecule has 2 aliphatic rings. The predicted molar refractivity (Wildman–Crippen MR) is 107 cm³/mol. The molecule has 2 nitrogen and oxygen atoms in total. The fourth-order valence-electron chi connectivity index (χ4n) is 6.54. The molecule has 0 N–H and O–H groups in total. The number of hydrogen-bond acceptors (Lipinski definition) is 0. The smallest absolute Gasteiger partial charge is 0.0550 e. The molecule has 132 valence electrons. The zero-order valence-electron chi connectivity index (χ0n) is 17.2. The molecule has 0 amide bonds. The minimum absolute atomic E-state index is 0.147. The van der Waals surface area contributed by atoms with Crippen LogP contribution in [-0.2, 0) is 11.1 Å². The third-order valence-corrected chi connectivity index (χ3v) is 7.77. The van der Waals surface area contributed by atoms with Crippen LogP contribution in [0.3, 0.4) is 0 Å². The van der Waals surface area contributed by atoms with E-state index in [0.29, 0.717) is 5.92 Å². The Bertz CT molecular complexity index is 1120. The van der Waals surface area contributed by atoms with Gasteiger partial charge in [-0.3, -0.25) is 0 Å². The summed E-state index contributed by atoms with van der Waals surface area (Å²) >= 11 is 0. The molecule has 0 bridgehead atoms. The number of nitrogens with zero attached hydrogens (tertiary/aromatic N) is 2. The van der Waals surface area contributed by atoms with Crippen LogP contribution in [-0.4, -0.2) is 9.13 Å². The lowest BCUT2D eigenvalue weighted by atomic mass is 9.73. The Labute approximate surface area is 150 Å². The van der Waals surface area contributed by atoms with Gasteiger partial charge in [-0.25, -0.2) is 0 Å². The SMILES string of the molecule is Cc1c(C)n2c3c4c5c(c(C)c(C)n5C(C)(C)C4CC2(C)C)c(C)c13. The van der Waals surface area contributed by atoms with Crippen LogP contribution >= 0.6 is 0 Å². The maximum atomic E-state index is 2.67. The van der Waals surface area contributed by atoms with E-state index in [1.165, 1.54) is 56.3 Å². The van der Waals surface area contributed by atoms with Crippen molar-refractivity contribution in [2.75, 3.05) is 0 Å². The maximum Gasteiger partial charge on any atom is 0.0550 e. The van der Waals surface area contributed by atoms with Crippen molar-refractivity contribution in [2.24, 2.45) is 0 Å². The second-order valence-corrected chi connectivity index (χ2v) is 9.80. The lowest BCUT2D eigenvalue weighted by Gasteiger charge is -2.42. The molecular weight excluding hydrogens is 304 g/mol. The first-order valence-corrected chi connectivity index (χ1v) is 9.68. The standard InChI is InChI=1S/C23H30N2/c1-11-14(4)24-20-17(11)13(3)18-12(2)15(5)25-21(18)19(20)16(23(25,8)9)10-22(24,6)7/h16H,10H2,1-9H3. The average Bonchev–Trinajstić information content (AvgIpc) is 3.00. The van der Waals surface area contributed by atoms with E-state index in [2.05, 4.69) is 71.4 Å². The first kappa shape index (κ1) is 15.5. The van der Waals surface area contributed by atoms with E-state index in [4.69, 9.17) is 0 Å². The van der Waals surface area contributed by atoms with Crippen molar-refractivity contribution in [3.63, 3.8) is 0 Å². The van der Waals surface area contributed by atoms with Gasteiger partial charge in [-0.2, -0.15) is 0 Å². The molecule has 2 aliphatic heterocycles. The van der Waals surface area contributed by atoms with Gasteiger partial charge in [-0.15, -0.1) is 0 Å². The molecule has 1 atom stereocenters. The Morgan fingerprint density at radius 3 is 1.76 bits per heavy atom. The molecule has 4 heterocycles. The summed E-state index contributed by atoms with van der Waals surface area (Å²) in [5.41, 5.74) is 12.4. The lowest BCUT2D eigenvalue weighted by molar-refractivity contribution is 0.209. The number of rotatable bonds is 0. The van der Waals surface area contributed by atoms with Gasteiger partial charge in [0.15, 0.2) is 0 Å². The largest absolute Gasteiger partial charge is 0.339 e. The number of hydrogen-bond donors (Lipinski definition) is 0. The monoisotopic (exact) mass is 334 g/mol. The van der Waals surface area contributed by atoms with Crippen LogP contribution in [0.15, 0.2) is 0 Å². The quantitative estimate of drug-likeness (QED) is 0.469. The zero-order chi connectivity index (χ0) is 18.2.